The molecule has 4 nitrogen and oxygen atoms in total. The summed E-state index contributed by atoms with van der Waals surface area (Å²) in [4.78, 5) is 16.0. The van der Waals surface area contributed by atoms with Crippen LogP contribution in [0.3, 0.4) is 0 Å². The first-order chi connectivity index (χ1) is 6.16. The van der Waals surface area contributed by atoms with E-state index >= 15 is 0 Å². The first-order valence-electron chi connectivity index (χ1n) is 4.61. The quantitative estimate of drug-likeness (QED) is 0.662. The third-order valence-corrected chi connectivity index (χ3v) is 2.45. The molecule has 13 heavy (non-hydrogen) atoms. The number of ether oxygens (including phenoxy) is 1. The molecule has 0 aliphatic carbocycles. The van der Waals surface area contributed by atoms with Gasteiger partial charge in [-0.2, -0.15) is 0 Å². The highest BCUT2D eigenvalue weighted by Gasteiger charge is 2.35. The van der Waals surface area contributed by atoms with Crippen LogP contribution in [-0.4, -0.2) is 25.7 Å². The minimum atomic E-state index is -0.333. The van der Waals surface area contributed by atoms with Crippen molar-refractivity contribution in [1.29, 1.82) is 0 Å². The van der Waals surface area contributed by atoms with Gasteiger partial charge in [-0.05, 0) is 18.3 Å². The van der Waals surface area contributed by atoms with Gasteiger partial charge in [-0.1, -0.05) is 13.8 Å². The van der Waals surface area contributed by atoms with Crippen molar-refractivity contribution in [3.05, 3.63) is 0 Å². The van der Waals surface area contributed by atoms with Crippen LogP contribution < -0.4 is 5.48 Å². The minimum Gasteiger partial charge on any atom is -0.368 e. The Morgan fingerprint density at radius 2 is 2.31 bits per heavy atom. The maximum Gasteiger partial charge on any atom is 0.272 e. The second-order valence-electron chi connectivity index (χ2n) is 3.66. The Bertz CT molecular complexity index is 182. The predicted molar refractivity (Wildman–Crippen MR) is 47.8 cm³/mol. The second kappa shape index (κ2) is 4.58. The van der Waals surface area contributed by atoms with E-state index in [1.165, 1.54) is 7.11 Å². The maximum absolute atomic E-state index is 11.4. The zero-order chi connectivity index (χ0) is 9.84. The Hall–Kier alpha value is -0.610. The van der Waals surface area contributed by atoms with Crippen LogP contribution in [-0.2, 0) is 14.4 Å². The van der Waals surface area contributed by atoms with Gasteiger partial charge in [0.15, 0.2) is 0 Å². The number of hydroxylamine groups is 1. The molecule has 2 atom stereocenters. The summed E-state index contributed by atoms with van der Waals surface area (Å²) in [6, 6.07) is 0. The van der Waals surface area contributed by atoms with Crippen molar-refractivity contribution in [3.8, 4) is 0 Å². The van der Waals surface area contributed by atoms with Crippen molar-refractivity contribution in [2.45, 2.75) is 26.4 Å². The first kappa shape index (κ1) is 10.5. The van der Waals surface area contributed by atoms with Crippen molar-refractivity contribution in [1.82, 2.24) is 5.48 Å². The van der Waals surface area contributed by atoms with Crippen molar-refractivity contribution >= 4 is 5.91 Å². The average Bonchev–Trinajstić information content (AvgIpc) is 2.52. The number of amides is 1. The molecule has 0 aromatic carbocycles. The van der Waals surface area contributed by atoms with Gasteiger partial charge in [-0.3, -0.25) is 9.63 Å². The number of hydrogen-bond donors (Lipinski definition) is 1. The topological polar surface area (TPSA) is 47.6 Å². The van der Waals surface area contributed by atoms with Crippen molar-refractivity contribution in [3.63, 3.8) is 0 Å². The van der Waals surface area contributed by atoms with Crippen LogP contribution >= 0.6 is 0 Å². The van der Waals surface area contributed by atoms with E-state index in [0.717, 1.165) is 6.42 Å². The molecule has 1 saturated heterocycles. The number of carbonyl (C=O) groups excluding carboxylic acids is 1. The van der Waals surface area contributed by atoms with E-state index in [4.69, 9.17) is 4.74 Å². The SMILES string of the molecule is CONC(=O)[C@@H]1OCC[C@@H]1C(C)C. The summed E-state index contributed by atoms with van der Waals surface area (Å²) in [5.74, 6) is 0.615. The lowest BCUT2D eigenvalue weighted by atomic mass is 9.89. The molecule has 0 saturated carbocycles. The Kier molecular flexibility index (Phi) is 3.69. The van der Waals surface area contributed by atoms with Gasteiger partial charge in [0.05, 0.1) is 7.11 Å². The Balaban J connectivity index is 2.52. The molecule has 0 aromatic heterocycles. The lowest BCUT2D eigenvalue weighted by Gasteiger charge is -2.20. The number of hydrogen-bond acceptors (Lipinski definition) is 3. The third-order valence-electron chi connectivity index (χ3n) is 2.45. The summed E-state index contributed by atoms with van der Waals surface area (Å²) in [5.41, 5.74) is 2.31. The van der Waals surface area contributed by atoms with Crippen LogP contribution in [0.15, 0.2) is 0 Å². The molecule has 0 bridgehead atoms. The Morgan fingerprint density at radius 3 is 2.85 bits per heavy atom. The van der Waals surface area contributed by atoms with Gasteiger partial charge in [-0.25, -0.2) is 5.48 Å². The van der Waals surface area contributed by atoms with Crippen LogP contribution in [0.2, 0.25) is 0 Å². The maximum atomic E-state index is 11.4. The molecule has 4 heteroatoms. The van der Waals surface area contributed by atoms with Gasteiger partial charge in [-0.15, -0.1) is 0 Å². The smallest absolute Gasteiger partial charge is 0.272 e. The standard InChI is InChI=1S/C9H17NO3/c1-6(2)7-4-5-13-8(7)9(11)10-12-3/h6-8H,4-5H2,1-3H3,(H,10,11)/t7-,8-/m1/s1. The van der Waals surface area contributed by atoms with Gasteiger partial charge in [0.25, 0.3) is 5.91 Å². The number of nitrogens with one attached hydrogen (secondary N) is 1. The van der Waals surface area contributed by atoms with E-state index in [0.29, 0.717) is 18.4 Å². The second-order valence-corrected chi connectivity index (χ2v) is 3.66. The molecule has 76 valence electrons. The van der Waals surface area contributed by atoms with Crippen LogP contribution in [0.1, 0.15) is 20.3 Å². The fraction of sp³-hybridized carbons (Fsp3) is 0.889. The Morgan fingerprint density at radius 1 is 1.62 bits per heavy atom. The van der Waals surface area contributed by atoms with Gasteiger partial charge in [0.2, 0.25) is 0 Å². The van der Waals surface area contributed by atoms with E-state index in [9.17, 15) is 4.79 Å². The molecule has 0 radical (unpaired) electrons. The summed E-state index contributed by atoms with van der Waals surface area (Å²) in [6.45, 7) is 4.88. The van der Waals surface area contributed by atoms with Gasteiger partial charge >= 0.3 is 0 Å². The van der Waals surface area contributed by atoms with E-state index in [-0.39, 0.29) is 12.0 Å². The molecule has 0 unspecified atom stereocenters. The van der Waals surface area contributed by atoms with E-state index in [2.05, 4.69) is 24.2 Å². The Labute approximate surface area is 78.5 Å². The number of carbonyl (C=O) groups is 1. The van der Waals surface area contributed by atoms with Crippen molar-refractivity contribution in [2.24, 2.45) is 11.8 Å². The molecule has 1 N–H and O–H groups in total. The average molecular weight is 187 g/mol. The largest absolute Gasteiger partial charge is 0.368 e. The lowest BCUT2D eigenvalue weighted by molar-refractivity contribution is -0.143. The fourth-order valence-electron chi connectivity index (χ4n) is 1.72. The minimum absolute atomic E-state index is 0.168. The molecular formula is C9H17NO3. The summed E-state index contributed by atoms with van der Waals surface area (Å²) >= 11 is 0. The fourth-order valence-corrected chi connectivity index (χ4v) is 1.72. The highest BCUT2D eigenvalue weighted by Crippen LogP contribution is 2.27. The lowest BCUT2D eigenvalue weighted by Crippen LogP contribution is -2.38. The van der Waals surface area contributed by atoms with Crippen LogP contribution in [0.25, 0.3) is 0 Å². The molecule has 0 aromatic rings. The van der Waals surface area contributed by atoms with Gasteiger partial charge in [0.1, 0.15) is 6.10 Å². The zero-order valence-electron chi connectivity index (χ0n) is 8.37. The summed E-state index contributed by atoms with van der Waals surface area (Å²) in [7, 11) is 1.43. The number of rotatable bonds is 3. The van der Waals surface area contributed by atoms with E-state index in [1.807, 2.05) is 0 Å². The summed E-state index contributed by atoms with van der Waals surface area (Å²) in [6.07, 6.45) is 0.624. The van der Waals surface area contributed by atoms with Crippen molar-refractivity contribution < 1.29 is 14.4 Å². The summed E-state index contributed by atoms with van der Waals surface area (Å²) in [5, 5.41) is 0. The van der Waals surface area contributed by atoms with E-state index in [1.54, 1.807) is 0 Å². The molecule has 1 fully saturated rings. The van der Waals surface area contributed by atoms with Crippen LogP contribution in [0.4, 0.5) is 0 Å². The first-order valence-corrected chi connectivity index (χ1v) is 4.61. The molecule has 1 amide bonds. The molecule has 1 heterocycles. The summed E-state index contributed by atoms with van der Waals surface area (Å²) < 4.78 is 5.35. The third kappa shape index (κ3) is 2.42. The normalized spacial score (nSPS) is 28.0. The molecule has 0 spiro atoms. The van der Waals surface area contributed by atoms with Gasteiger partial charge < -0.3 is 4.74 Å². The van der Waals surface area contributed by atoms with Gasteiger partial charge in [0, 0.05) is 6.61 Å². The predicted octanol–water partition coefficient (Wildman–Crippen LogP) is 0.725. The van der Waals surface area contributed by atoms with E-state index < -0.39 is 0 Å². The zero-order valence-corrected chi connectivity index (χ0v) is 8.37. The van der Waals surface area contributed by atoms with Crippen molar-refractivity contribution in [2.75, 3.05) is 13.7 Å². The molecule has 1 aliphatic heterocycles. The van der Waals surface area contributed by atoms with Crippen LogP contribution in [0, 0.1) is 11.8 Å². The highest BCUT2D eigenvalue weighted by atomic mass is 16.6. The molecular weight excluding hydrogens is 170 g/mol. The van der Waals surface area contributed by atoms with Crippen LogP contribution in [0.5, 0.6) is 0 Å². The highest BCUT2D eigenvalue weighted by molar-refractivity contribution is 5.80. The monoisotopic (exact) mass is 187 g/mol. The molecule has 1 aliphatic rings. The molecule has 1 rings (SSSR count).